The number of aryl methyl sites for hydroxylation is 1. The third kappa shape index (κ3) is 3.80. The minimum atomic E-state index is -3.86. The molecular formula is C16H17ClN2O3S2. The molecule has 1 aliphatic carbocycles. The molecule has 8 heteroatoms. The molecule has 128 valence electrons. The summed E-state index contributed by atoms with van der Waals surface area (Å²) in [5, 5.41) is 0.309. The van der Waals surface area contributed by atoms with Crippen molar-refractivity contribution in [3.05, 3.63) is 50.7 Å². The summed E-state index contributed by atoms with van der Waals surface area (Å²) in [6.45, 7) is 2.19. The van der Waals surface area contributed by atoms with Crippen LogP contribution in [0.25, 0.3) is 0 Å². The van der Waals surface area contributed by atoms with Gasteiger partial charge in [0.05, 0.1) is 9.77 Å². The molecule has 1 atom stereocenters. The van der Waals surface area contributed by atoms with E-state index in [4.69, 9.17) is 11.6 Å². The number of carbonyl (C=O) groups excluding carboxylic acids is 1. The summed E-state index contributed by atoms with van der Waals surface area (Å²) in [6.07, 6.45) is 3.06. The van der Waals surface area contributed by atoms with Gasteiger partial charge in [-0.3, -0.25) is 10.2 Å². The molecule has 0 bridgehead atoms. The van der Waals surface area contributed by atoms with Crippen LogP contribution in [0.15, 0.2) is 35.2 Å². The van der Waals surface area contributed by atoms with Crippen molar-refractivity contribution in [2.75, 3.05) is 0 Å². The standard InChI is InChI=1S/C16H17ClN2O3S2/c1-10-5-6-14-11(7-10)8-15(23-14)16(20)18-19-24(21,22)13-4-2-3-12(17)9-13/h2-4,8-10,19H,5-7H2,1H3,(H,18,20)/t10-/m0/s1. The Labute approximate surface area is 150 Å². The molecule has 2 N–H and O–H groups in total. The van der Waals surface area contributed by atoms with Gasteiger partial charge in [0.15, 0.2) is 0 Å². The molecule has 1 heterocycles. The van der Waals surface area contributed by atoms with Gasteiger partial charge in [-0.1, -0.05) is 24.6 Å². The molecule has 0 radical (unpaired) electrons. The Bertz CT molecular complexity index is 877. The number of nitrogens with one attached hydrogen (secondary N) is 2. The molecule has 0 fully saturated rings. The third-order valence-corrected chi connectivity index (χ3v) is 6.67. The Hall–Kier alpha value is -1.41. The van der Waals surface area contributed by atoms with E-state index in [9.17, 15) is 13.2 Å². The lowest BCUT2D eigenvalue weighted by Gasteiger charge is -2.16. The fourth-order valence-electron chi connectivity index (χ4n) is 2.69. The highest BCUT2D eigenvalue weighted by Gasteiger charge is 2.22. The van der Waals surface area contributed by atoms with Gasteiger partial charge in [-0.05, 0) is 55.0 Å². The van der Waals surface area contributed by atoms with Gasteiger partial charge in [-0.25, -0.2) is 8.42 Å². The van der Waals surface area contributed by atoms with Crippen LogP contribution in [0.1, 0.15) is 33.5 Å². The molecule has 1 amide bonds. The van der Waals surface area contributed by atoms with Crippen LogP contribution in [-0.2, 0) is 22.9 Å². The monoisotopic (exact) mass is 384 g/mol. The van der Waals surface area contributed by atoms with Crippen molar-refractivity contribution in [3.63, 3.8) is 0 Å². The Kier molecular flexibility index (Phi) is 4.96. The number of hydrogen-bond acceptors (Lipinski definition) is 4. The molecule has 1 aromatic carbocycles. The zero-order chi connectivity index (χ0) is 17.3. The minimum absolute atomic E-state index is 0.00500. The first-order valence-electron chi connectivity index (χ1n) is 7.54. The minimum Gasteiger partial charge on any atom is -0.273 e. The molecule has 0 saturated heterocycles. The lowest BCUT2D eigenvalue weighted by atomic mass is 9.90. The van der Waals surface area contributed by atoms with Crippen LogP contribution in [0.4, 0.5) is 0 Å². The van der Waals surface area contributed by atoms with Crippen LogP contribution in [0.3, 0.4) is 0 Å². The first-order chi connectivity index (χ1) is 11.3. The van der Waals surface area contributed by atoms with E-state index in [1.165, 1.54) is 40.0 Å². The van der Waals surface area contributed by atoms with E-state index in [2.05, 4.69) is 17.2 Å². The van der Waals surface area contributed by atoms with Gasteiger partial charge in [-0.15, -0.1) is 16.2 Å². The normalized spacial score (nSPS) is 17.3. The fourth-order valence-corrected chi connectivity index (χ4v) is 4.93. The zero-order valence-electron chi connectivity index (χ0n) is 13.0. The first kappa shape index (κ1) is 17.4. The van der Waals surface area contributed by atoms with Gasteiger partial charge < -0.3 is 0 Å². The van der Waals surface area contributed by atoms with Crippen molar-refractivity contribution >= 4 is 38.9 Å². The van der Waals surface area contributed by atoms with Gasteiger partial charge in [-0.2, -0.15) is 0 Å². The van der Waals surface area contributed by atoms with E-state index in [0.717, 1.165) is 19.3 Å². The molecular weight excluding hydrogens is 368 g/mol. The van der Waals surface area contributed by atoms with Gasteiger partial charge in [0.25, 0.3) is 15.9 Å². The number of carbonyl (C=O) groups is 1. The summed E-state index contributed by atoms with van der Waals surface area (Å²) in [5.74, 6) is 0.164. The summed E-state index contributed by atoms with van der Waals surface area (Å²) in [4.78, 5) is 16.1. The highest BCUT2D eigenvalue weighted by atomic mass is 35.5. The average molecular weight is 385 g/mol. The molecule has 0 aliphatic heterocycles. The van der Waals surface area contributed by atoms with E-state index in [0.29, 0.717) is 15.8 Å². The highest BCUT2D eigenvalue weighted by molar-refractivity contribution is 7.89. The molecule has 0 spiro atoms. The van der Waals surface area contributed by atoms with Crippen molar-refractivity contribution in [1.82, 2.24) is 10.3 Å². The molecule has 3 rings (SSSR count). The molecule has 5 nitrogen and oxygen atoms in total. The summed E-state index contributed by atoms with van der Waals surface area (Å²) in [7, 11) is -3.86. The van der Waals surface area contributed by atoms with Crippen LogP contribution in [0.2, 0.25) is 5.02 Å². The number of halogens is 1. The number of thiophene rings is 1. The van der Waals surface area contributed by atoms with E-state index < -0.39 is 15.9 Å². The largest absolute Gasteiger partial charge is 0.276 e. The zero-order valence-corrected chi connectivity index (χ0v) is 15.4. The van der Waals surface area contributed by atoms with Crippen molar-refractivity contribution in [2.24, 2.45) is 5.92 Å². The molecule has 1 aliphatic rings. The fraction of sp³-hybridized carbons (Fsp3) is 0.312. The average Bonchev–Trinajstić information content (AvgIpc) is 2.96. The molecule has 24 heavy (non-hydrogen) atoms. The van der Waals surface area contributed by atoms with Crippen molar-refractivity contribution in [1.29, 1.82) is 0 Å². The number of hydrazine groups is 1. The second-order valence-electron chi connectivity index (χ2n) is 5.92. The lowest BCUT2D eigenvalue weighted by molar-refractivity contribution is 0.0949. The van der Waals surface area contributed by atoms with Crippen LogP contribution in [0.5, 0.6) is 0 Å². The SMILES string of the molecule is C[C@H]1CCc2sc(C(=O)NNS(=O)(=O)c3cccc(Cl)c3)cc2C1. The lowest BCUT2D eigenvalue weighted by Crippen LogP contribution is -2.41. The second kappa shape index (κ2) is 6.84. The summed E-state index contributed by atoms with van der Waals surface area (Å²) in [6, 6.07) is 7.70. The number of amides is 1. The first-order valence-corrected chi connectivity index (χ1v) is 10.2. The van der Waals surface area contributed by atoms with Crippen molar-refractivity contribution in [2.45, 2.75) is 31.1 Å². The van der Waals surface area contributed by atoms with Gasteiger partial charge >= 0.3 is 0 Å². The Morgan fingerprint density at radius 3 is 2.88 bits per heavy atom. The quantitative estimate of drug-likeness (QED) is 0.795. The number of rotatable bonds is 4. The summed E-state index contributed by atoms with van der Waals surface area (Å²) >= 11 is 7.23. The van der Waals surface area contributed by atoms with Gasteiger partial charge in [0.2, 0.25) is 0 Å². The van der Waals surface area contributed by atoms with Crippen LogP contribution in [-0.4, -0.2) is 14.3 Å². The number of hydrogen-bond donors (Lipinski definition) is 2. The molecule has 2 aromatic rings. The van der Waals surface area contributed by atoms with E-state index in [1.54, 1.807) is 6.07 Å². The van der Waals surface area contributed by atoms with E-state index in [-0.39, 0.29) is 4.90 Å². The van der Waals surface area contributed by atoms with Gasteiger partial charge in [0.1, 0.15) is 0 Å². The summed E-state index contributed by atoms with van der Waals surface area (Å²) < 4.78 is 24.4. The molecule has 1 aromatic heterocycles. The van der Waals surface area contributed by atoms with Crippen LogP contribution >= 0.6 is 22.9 Å². The van der Waals surface area contributed by atoms with E-state index in [1.807, 2.05) is 6.07 Å². The number of benzene rings is 1. The van der Waals surface area contributed by atoms with Gasteiger partial charge in [0, 0.05) is 9.90 Å². The van der Waals surface area contributed by atoms with Crippen LogP contribution < -0.4 is 10.3 Å². The van der Waals surface area contributed by atoms with Crippen LogP contribution in [0, 0.1) is 5.92 Å². The van der Waals surface area contributed by atoms with Crippen molar-refractivity contribution in [3.8, 4) is 0 Å². The predicted molar refractivity (Wildman–Crippen MR) is 94.7 cm³/mol. The maximum absolute atomic E-state index is 12.2. The number of fused-ring (bicyclic) bond motifs is 1. The summed E-state index contributed by atoms with van der Waals surface area (Å²) in [5.41, 5.74) is 3.46. The molecule has 0 unspecified atom stereocenters. The smallest absolute Gasteiger partial charge is 0.273 e. The number of sulfonamides is 1. The second-order valence-corrected chi connectivity index (χ2v) is 9.18. The maximum atomic E-state index is 12.2. The Morgan fingerprint density at radius 1 is 1.33 bits per heavy atom. The Balaban J connectivity index is 1.69. The topological polar surface area (TPSA) is 75.3 Å². The van der Waals surface area contributed by atoms with Crippen molar-refractivity contribution < 1.29 is 13.2 Å². The highest BCUT2D eigenvalue weighted by Crippen LogP contribution is 2.32. The third-order valence-electron chi connectivity index (χ3n) is 3.96. The molecule has 0 saturated carbocycles. The van der Waals surface area contributed by atoms with E-state index >= 15 is 0 Å². The Morgan fingerprint density at radius 2 is 2.12 bits per heavy atom. The maximum Gasteiger partial charge on any atom is 0.276 e. The predicted octanol–water partition coefficient (Wildman–Crippen LogP) is 3.15.